The van der Waals surface area contributed by atoms with Crippen LogP contribution in [0.4, 0.5) is 0 Å². The number of rotatable bonds is 6. The third-order valence-electron chi connectivity index (χ3n) is 3.96. The van der Waals surface area contributed by atoms with E-state index in [2.05, 4.69) is 4.98 Å². The van der Waals surface area contributed by atoms with Crippen LogP contribution >= 0.6 is 11.3 Å². The lowest BCUT2D eigenvalue weighted by Crippen LogP contribution is -2.31. The highest BCUT2D eigenvalue weighted by atomic mass is 32.1. The summed E-state index contributed by atoms with van der Waals surface area (Å²) < 4.78 is 6.20. The van der Waals surface area contributed by atoms with Crippen molar-refractivity contribution in [2.24, 2.45) is 0 Å². The summed E-state index contributed by atoms with van der Waals surface area (Å²) in [6.07, 6.45) is 0.162. The van der Waals surface area contributed by atoms with Crippen LogP contribution in [0.15, 0.2) is 48.5 Å². The van der Waals surface area contributed by atoms with E-state index in [1.807, 2.05) is 55.5 Å². The number of aryl methyl sites for hydroxylation is 1. The van der Waals surface area contributed by atoms with Gasteiger partial charge in [-0.05, 0) is 24.6 Å². The van der Waals surface area contributed by atoms with E-state index >= 15 is 0 Å². The minimum Gasteiger partial charge on any atom is -0.455 e. The fourth-order valence-electron chi connectivity index (χ4n) is 2.45. The Bertz CT molecular complexity index is 885. The summed E-state index contributed by atoms with van der Waals surface area (Å²) in [6, 6.07) is 15.5. The Morgan fingerprint density at radius 1 is 1.12 bits per heavy atom. The third kappa shape index (κ3) is 4.67. The number of benzene rings is 2. The zero-order valence-corrected chi connectivity index (χ0v) is 15.6. The van der Waals surface area contributed by atoms with E-state index in [9.17, 15) is 9.59 Å². The molecule has 26 heavy (non-hydrogen) atoms. The maximum Gasteiger partial charge on any atom is 0.310 e. The average molecular weight is 368 g/mol. The molecule has 0 bridgehead atoms. The van der Waals surface area contributed by atoms with E-state index < -0.39 is 5.97 Å². The van der Waals surface area contributed by atoms with Crippen molar-refractivity contribution in [3.05, 3.63) is 64.7 Å². The van der Waals surface area contributed by atoms with Gasteiger partial charge in [-0.15, -0.1) is 11.3 Å². The number of carbonyl (C=O) groups is 2. The first kappa shape index (κ1) is 18.1. The summed E-state index contributed by atoms with van der Waals surface area (Å²) in [5, 5.41) is 0.855. The smallest absolute Gasteiger partial charge is 0.310 e. The fraction of sp³-hybridized carbons (Fsp3) is 0.250. The minimum absolute atomic E-state index is 0.162. The number of ether oxygens (including phenoxy) is 1. The van der Waals surface area contributed by atoms with E-state index in [0.717, 1.165) is 26.4 Å². The summed E-state index contributed by atoms with van der Waals surface area (Å²) in [7, 11) is 1.68. The Morgan fingerprint density at radius 2 is 1.85 bits per heavy atom. The Kier molecular flexibility index (Phi) is 5.63. The molecule has 3 aromatic rings. The van der Waals surface area contributed by atoms with Gasteiger partial charge in [0.05, 0.1) is 23.2 Å². The number of fused-ring (bicyclic) bond motifs is 1. The van der Waals surface area contributed by atoms with Gasteiger partial charge in [-0.3, -0.25) is 9.59 Å². The molecular weight excluding hydrogens is 348 g/mol. The Balaban J connectivity index is 1.49. The molecule has 0 N–H and O–H groups in total. The van der Waals surface area contributed by atoms with Crippen LogP contribution in [-0.2, 0) is 27.3 Å². The highest BCUT2D eigenvalue weighted by Crippen LogP contribution is 2.22. The number of nitrogens with zero attached hydrogens (tertiary/aromatic N) is 2. The Morgan fingerprint density at radius 3 is 2.58 bits per heavy atom. The number of aromatic nitrogens is 1. The first-order valence-corrected chi connectivity index (χ1v) is 9.12. The molecule has 0 saturated heterocycles. The number of amides is 1. The number of esters is 1. The molecule has 0 aliphatic heterocycles. The molecular formula is C20H20N2O3S. The molecule has 5 nitrogen and oxygen atoms in total. The van der Waals surface area contributed by atoms with Crippen molar-refractivity contribution in [3.8, 4) is 0 Å². The van der Waals surface area contributed by atoms with Crippen LogP contribution in [-0.4, -0.2) is 35.4 Å². The van der Waals surface area contributed by atoms with E-state index in [-0.39, 0.29) is 18.9 Å². The molecule has 6 heteroatoms. The molecule has 0 atom stereocenters. The van der Waals surface area contributed by atoms with E-state index in [0.29, 0.717) is 6.54 Å². The number of thiazole rings is 1. The minimum atomic E-state index is -0.407. The molecule has 0 aliphatic rings. The van der Waals surface area contributed by atoms with Crippen molar-refractivity contribution in [3.63, 3.8) is 0 Å². The Hall–Kier alpha value is -2.73. The number of likely N-dealkylation sites (N-methyl/N-ethyl adjacent to an activating group) is 1. The number of hydrogen-bond donors (Lipinski definition) is 0. The molecule has 0 radical (unpaired) electrons. The lowest BCUT2D eigenvalue weighted by atomic mass is 10.1. The van der Waals surface area contributed by atoms with Crippen molar-refractivity contribution < 1.29 is 14.3 Å². The van der Waals surface area contributed by atoms with Gasteiger partial charge in [0, 0.05) is 7.05 Å². The highest BCUT2D eigenvalue weighted by molar-refractivity contribution is 7.18. The zero-order chi connectivity index (χ0) is 18.5. The zero-order valence-electron chi connectivity index (χ0n) is 14.8. The van der Waals surface area contributed by atoms with Gasteiger partial charge < -0.3 is 9.64 Å². The van der Waals surface area contributed by atoms with Gasteiger partial charge in [0.2, 0.25) is 0 Å². The molecule has 0 aliphatic carbocycles. The van der Waals surface area contributed by atoms with Crippen molar-refractivity contribution in [2.75, 3.05) is 13.7 Å². The SMILES string of the molecule is Cc1ccc(CC(=O)OCC(=O)N(C)Cc2nc3ccccc3s2)cc1. The number of carbonyl (C=O) groups excluding carboxylic acids is 2. The average Bonchev–Trinajstić information content (AvgIpc) is 3.03. The first-order chi connectivity index (χ1) is 12.5. The van der Waals surface area contributed by atoms with Crippen LogP contribution < -0.4 is 0 Å². The quantitative estimate of drug-likeness (QED) is 0.626. The molecule has 3 rings (SSSR count). The molecule has 1 amide bonds. The summed E-state index contributed by atoms with van der Waals surface area (Å²) in [5.74, 6) is -0.655. The van der Waals surface area contributed by atoms with Gasteiger partial charge in [-0.1, -0.05) is 42.0 Å². The van der Waals surface area contributed by atoms with E-state index in [4.69, 9.17) is 4.74 Å². The van der Waals surface area contributed by atoms with Gasteiger partial charge >= 0.3 is 5.97 Å². The van der Waals surface area contributed by atoms with Crippen LogP contribution in [0.1, 0.15) is 16.1 Å². The second-order valence-electron chi connectivity index (χ2n) is 6.15. The molecule has 134 valence electrons. The molecule has 0 unspecified atom stereocenters. The van der Waals surface area contributed by atoms with Crippen LogP contribution in [0.2, 0.25) is 0 Å². The molecule has 0 spiro atoms. The number of hydrogen-bond acceptors (Lipinski definition) is 5. The summed E-state index contributed by atoms with van der Waals surface area (Å²) in [4.78, 5) is 30.1. The summed E-state index contributed by atoms with van der Waals surface area (Å²) in [6.45, 7) is 2.13. The summed E-state index contributed by atoms with van der Waals surface area (Å²) >= 11 is 1.56. The molecule has 2 aromatic carbocycles. The third-order valence-corrected chi connectivity index (χ3v) is 4.98. The topological polar surface area (TPSA) is 59.5 Å². The standard InChI is InChI=1S/C20H20N2O3S/c1-14-7-9-15(10-8-14)11-20(24)25-13-19(23)22(2)12-18-21-16-5-3-4-6-17(16)26-18/h3-10H,11-13H2,1-2H3. The van der Waals surface area contributed by atoms with Crippen LogP contribution in [0.5, 0.6) is 0 Å². The highest BCUT2D eigenvalue weighted by Gasteiger charge is 2.14. The second-order valence-corrected chi connectivity index (χ2v) is 7.26. The van der Waals surface area contributed by atoms with Crippen molar-refractivity contribution in [1.82, 2.24) is 9.88 Å². The predicted molar refractivity (Wildman–Crippen MR) is 102 cm³/mol. The van der Waals surface area contributed by atoms with Crippen LogP contribution in [0, 0.1) is 6.92 Å². The maximum absolute atomic E-state index is 12.2. The monoisotopic (exact) mass is 368 g/mol. The second kappa shape index (κ2) is 8.10. The van der Waals surface area contributed by atoms with Gasteiger partial charge in [-0.25, -0.2) is 4.98 Å². The van der Waals surface area contributed by atoms with Crippen molar-refractivity contribution >= 4 is 33.4 Å². The van der Waals surface area contributed by atoms with Gasteiger partial charge in [0.15, 0.2) is 6.61 Å². The van der Waals surface area contributed by atoms with E-state index in [1.165, 1.54) is 4.90 Å². The summed E-state index contributed by atoms with van der Waals surface area (Å²) in [5.41, 5.74) is 2.93. The Labute approximate surface area is 156 Å². The van der Waals surface area contributed by atoms with Crippen molar-refractivity contribution in [1.29, 1.82) is 0 Å². The lowest BCUT2D eigenvalue weighted by Gasteiger charge is -2.15. The van der Waals surface area contributed by atoms with Gasteiger partial charge in [0.1, 0.15) is 5.01 Å². The normalized spacial score (nSPS) is 10.7. The van der Waals surface area contributed by atoms with Crippen LogP contribution in [0.25, 0.3) is 10.2 Å². The number of para-hydroxylation sites is 1. The lowest BCUT2D eigenvalue weighted by molar-refractivity contribution is -0.151. The van der Waals surface area contributed by atoms with Crippen molar-refractivity contribution in [2.45, 2.75) is 19.9 Å². The maximum atomic E-state index is 12.2. The molecule has 0 fully saturated rings. The largest absolute Gasteiger partial charge is 0.455 e. The van der Waals surface area contributed by atoms with Crippen LogP contribution in [0.3, 0.4) is 0 Å². The molecule has 0 saturated carbocycles. The van der Waals surface area contributed by atoms with E-state index in [1.54, 1.807) is 18.4 Å². The van der Waals surface area contributed by atoms with Gasteiger partial charge in [-0.2, -0.15) is 0 Å². The molecule has 1 heterocycles. The first-order valence-electron chi connectivity index (χ1n) is 8.31. The molecule has 1 aromatic heterocycles. The van der Waals surface area contributed by atoms with Gasteiger partial charge in [0.25, 0.3) is 5.91 Å². The predicted octanol–water partition coefficient (Wildman–Crippen LogP) is 3.35. The fourth-order valence-corrected chi connectivity index (χ4v) is 3.48.